The van der Waals surface area contributed by atoms with Crippen molar-refractivity contribution in [1.29, 1.82) is 5.26 Å². The van der Waals surface area contributed by atoms with E-state index in [-0.39, 0.29) is 54.3 Å². The van der Waals surface area contributed by atoms with Crippen LogP contribution >= 0.6 is 24.8 Å². The summed E-state index contributed by atoms with van der Waals surface area (Å²) in [7, 11) is 0. The predicted octanol–water partition coefficient (Wildman–Crippen LogP) is 5.20. The standard InChI is InChI=1S/C28H26F3N5O3.2ClH/c29-28(30,31)39-23-3-1-2-22(12-23)17-35-18-27(13-25(35)37)8-10-34(11-9-27)26(38)24-15-33-19-36(24)16-21-6-4-20(14-32)5-7-21;;/h1-7,12,15,19H,8-11,13,16-18H2;2*1H. The summed E-state index contributed by atoms with van der Waals surface area (Å²) in [5, 5.41) is 8.99. The molecule has 3 aromatic rings. The number of nitrogens with zero attached hydrogens (tertiary/aromatic N) is 5. The summed E-state index contributed by atoms with van der Waals surface area (Å²) in [4.78, 5) is 33.8. The molecule has 2 fully saturated rings. The average Bonchev–Trinajstić information content (AvgIpc) is 3.47. The van der Waals surface area contributed by atoms with Gasteiger partial charge in [-0.25, -0.2) is 4.98 Å². The van der Waals surface area contributed by atoms with Crippen molar-refractivity contribution in [2.45, 2.75) is 38.7 Å². The van der Waals surface area contributed by atoms with Gasteiger partial charge in [0, 0.05) is 44.6 Å². The fraction of sp³-hybridized carbons (Fsp3) is 0.357. The zero-order chi connectivity index (χ0) is 27.6. The van der Waals surface area contributed by atoms with Gasteiger partial charge in [-0.3, -0.25) is 9.59 Å². The molecule has 2 saturated heterocycles. The smallest absolute Gasteiger partial charge is 0.406 e. The number of likely N-dealkylation sites (tertiary alicyclic amines) is 2. The van der Waals surface area contributed by atoms with Gasteiger partial charge in [0.1, 0.15) is 11.4 Å². The fourth-order valence-corrected chi connectivity index (χ4v) is 5.37. The lowest BCUT2D eigenvalue weighted by atomic mass is 9.77. The number of hydrogen-bond acceptors (Lipinski definition) is 5. The molecule has 2 amide bonds. The number of hydrogen-bond donors (Lipinski definition) is 0. The first kappa shape index (κ1) is 31.8. The maximum atomic E-state index is 13.3. The predicted molar refractivity (Wildman–Crippen MR) is 148 cm³/mol. The number of halogens is 5. The lowest BCUT2D eigenvalue weighted by molar-refractivity contribution is -0.274. The third-order valence-corrected chi connectivity index (χ3v) is 7.39. The fourth-order valence-electron chi connectivity index (χ4n) is 5.37. The number of benzene rings is 2. The Labute approximate surface area is 247 Å². The average molecular weight is 610 g/mol. The molecule has 2 aliphatic heterocycles. The first-order valence-electron chi connectivity index (χ1n) is 12.5. The second-order valence-corrected chi connectivity index (χ2v) is 10.1. The molecule has 13 heteroatoms. The summed E-state index contributed by atoms with van der Waals surface area (Å²) in [6.07, 6.45) is 0.0418. The van der Waals surface area contributed by atoms with Gasteiger partial charge in [-0.1, -0.05) is 24.3 Å². The van der Waals surface area contributed by atoms with Crippen molar-refractivity contribution in [1.82, 2.24) is 19.4 Å². The number of nitriles is 1. The molecule has 0 N–H and O–H groups in total. The number of carbonyl (C=O) groups excluding carboxylic acids is 2. The van der Waals surface area contributed by atoms with Gasteiger partial charge in [0.25, 0.3) is 5.91 Å². The Morgan fingerprint density at radius 3 is 2.41 bits per heavy atom. The monoisotopic (exact) mass is 609 g/mol. The van der Waals surface area contributed by atoms with Crippen LogP contribution in [0, 0.1) is 16.7 Å². The Bertz CT molecular complexity index is 1410. The van der Waals surface area contributed by atoms with Crippen molar-refractivity contribution in [3.8, 4) is 11.8 Å². The van der Waals surface area contributed by atoms with Gasteiger partial charge in [-0.2, -0.15) is 5.26 Å². The van der Waals surface area contributed by atoms with Gasteiger partial charge >= 0.3 is 6.36 Å². The first-order valence-corrected chi connectivity index (χ1v) is 12.5. The Balaban J connectivity index is 0.00000231. The minimum absolute atomic E-state index is 0. The largest absolute Gasteiger partial charge is 0.573 e. The van der Waals surface area contributed by atoms with Crippen LogP contribution in [0.2, 0.25) is 0 Å². The Hall–Kier alpha value is -3.75. The highest BCUT2D eigenvalue weighted by molar-refractivity contribution is 5.92. The number of rotatable bonds is 6. The van der Waals surface area contributed by atoms with E-state index in [0.717, 1.165) is 5.56 Å². The Morgan fingerprint density at radius 2 is 1.76 bits per heavy atom. The van der Waals surface area contributed by atoms with Crippen LogP contribution in [0.4, 0.5) is 13.2 Å². The van der Waals surface area contributed by atoms with Gasteiger partial charge in [0.15, 0.2) is 0 Å². The molecule has 0 atom stereocenters. The molecule has 218 valence electrons. The number of aromatic nitrogens is 2. The topological polar surface area (TPSA) is 91.5 Å². The van der Waals surface area contributed by atoms with E-state index in [2.05, 4.69) is 15.8 Å². The van der Waals surface area contributed by atoms with Crippen LogP contribution in [0.1, 0.15) is 46.4 Å². The van der Waals surface area contributed by atoms with Crippen LogP contribution in [0.3, 0.4) is 0 Å². The minimum atomic E-state index is -4.78. The third-order valence-electron chi connectivity index (χ3n) is 7.39. The summed E-state index contributed by atoms with van der Waals surface area (Å²) in [6, 6.07) is 14.9. The van der Waals surface area contributed by atoms with Crippen molar-refractivity contribution in [3.63, 3.8) is 0 Å². The van der Waals surface area contributed by atoms with Crippen molar-refractivity contribution >= 4 is 36.6 Å². The maximum Gasteiger partial charge on any atom is 0.573 e. The molecule has 1 spiro atoms. The molecule has 2 aromatic carbocycles. The zero-order valence-corrected chi connectivity index (χ0v) is 23.5. The Kier molecular flexibility index (Phi) is 9.94. The lowest BCUT2D eigenvalue weighted by Gasteiger charge is -2.38. The van der Waals surface area contributed by atoms with Crippen LogP contribution in [-0.4, -0.2) is 57.2 Å². The van der Waals surface area contributed by atoms with E-state index in [0.29, 0.717) is 62.3 Å². The second kappa shape index (κ2) is 12.8. The molecule has 0 bridgehead atoms. The van der Waals surface area contributed by atoms with E-state index in [4.69, 9.17) is 5.26 Å². The third kappa shape index (κ3) is 7.51. The molecule has 41 heavy (non-hydrogen) atoms. The van der Waals surface area contributed by atoms with Crippen LogP contribution in [-0.2, 0) is 17.9 Å². The highest BCUT2D eigenvalue weighted by Crippen LogP contribution is 2.42. The molecule has 0 radical (unpaired) electrons. The van der Waals surface area contributed by atoms with Crippen LogP contribution in [0.25, 0.3) is 0 Å². The normalized spacial score (nSPS) is 16.1. The molecule has 1 aromatic heterocycles. The van der Waals surface area contributed by atoms with Crippen LogP contribution < -0.4 is 4.74 Å². The van der Waals surface area contributed by atoms with Crippen molar-refractivity contribution < 1.29 is 27.5 Å². The summed E-state index contributed by atoms with van der Waals surface area (Å²) >= 11 is 0. The molecule has 0 saturated carbocycles. The summed E-state index contributed by atoms with van der Waals surface area (Å²) in [6.45, 7) is 2.14. The number of imidazole rings is 1. The van der Waals surface area contributed by atoms with Gasteiger partial charge in [0.05, 0.1) is 24.2 Å². The van der Waals surface area contributed by atoms with E-state index in [1.165, 1.54) is 18.2 Å². The highest BCUT2D eigenvalue weighted by Gasteiger charge is 2.45. The molecule has 2 aliphatic rings. The van der Waals surface area contributed by atoms with E-state index >= 15 is 0 Å². The number of carbonyl (C=O) groups is 2. The number of amides is 2. The quantitative estimate of drug-likeness (QED) is 0.383. The van der Waals surface area contributed by atoms with E-state index in [9.17, 15) is 22.8 Å². The van der Waals surface area contributed by atoms with E-state index < -0.39 is 6.36 Å². The van der Waals surface area contributed by atoms with Crippen molar-refractivity contribution in [2.24, 2.45) is 5.41 Å². The summed E-state index contributed by atoms with van der Waals surface area (Å²) < 4.78 is 43.5. The van der Waals surface area contributed by atoms with Crippen molar-refractivity contribution in [3.05, 3.63) is 83.4 Å². The molecule has 5 rings (SSSR count). The van der Waals surface area contributed by atoms with E-state index in [1.54, 1.807) is 45.1 Å². The minimum Gasteiger partial charge on any atom is -0.406 e. The van der Waals surface area contributed by atoms with Gasteiger partial charge in [-0.15, -0.1) is 38.0 Å². The first-order chi connectivity index (χ1) is 18.6. The second-order valence-electron chi connectivity index (χ2n) is 10.1. The zero-order valence-electron chi connectivity index (χ0n) is 21.8. The number of piperidine rings is 1. The Morgan fingerprint density at radius 1 is 1.05 bits per heavy atom. The summed E-state index contributed by atoms with van der Waals surface area (Å²) in [5.74, 6) is -0.484. The number of ether oxygens (including phenoxy) is 1. The van der Waals surface area contributed by atoms with Crippen molar-refractivity contribution in [2.75, 3.05) is 19.6 Å². The van der Waals surface area contributed by atoms with Crippen LogP contribution in [0.5, 0.6) is 5.75 Å². The van der Waals surface area contributed by atoms with Gasteiger partial charge in [0.2, 0.25) is 5.91 Å². The molecule has 0 unspecified atom stereocenters. The lowest BCUT2D eigenvalue weighted by Crippen LogP contribution is -2.44. The molecular formula is C28H28Cl2F3N5O3. The molecule has 0 aliphatic carbocycles. The molecule has 8 nitrogen and oxygen atoms in total. The van der Waals surface area contributed by atoms with Gasteiger partial charge < -0.3 is 19.1 Å². The SMILES string of the molecule is Cl.Cl.N#Cc1ccc(Cn2cncc2C(=O)N2CCC3(CC2)CC(=O)N(Cc2cccc(OC(F)(F)F)c2)C3)cc1. The number of alkyl halides is 3. The molecule has 3 heterocycles. The highest BCUT2D eigenvalue weighted by atomic mass is 35.5. The maximum absolute atomic E-state index is 13.3. The van der Waals surface area contributed by atoms with Gasteiger partial charge in [-0.05, 0) is 48.2 Å². The van der Waals surface area contributed by atoms with E-state index in [1.807, 2.05) is 12.1 Å². The molecular weight excluding hydrogens is 582 g/mol. The summed E-state index contributed by atoms with van der Waals surface area (Å²) in [5.41, 5.74) is 2.27. The van der Waals surface area contributed by atoms with Crippen LogP contribution in [0.15, 0.2) is 61.1 Å².